The van der Waals surface area contributed by atoms with Crippen LogP contribution in [0.15, 0.2) is 71.6 Å². The first kappa shape index (κ1) is 23.7. The van der Waals surface area contributed by atoms with Crippen molar-refractivity contribution in [2.45, 2.75) is 31.3 Å². The highest BCUT2D eigenvalue weighted by molar-refractivity contribution is 7.84. The number of nitrogens with one attached hydrogen (secondary N) is 1. The van der Waals surface area contributed by atoms with E-state index in [1.165, 1.54) is 0 Å². The number of aliphatic hydroxyl groups is 1. The van der Waals surface area contributed by atoms with E-state index in [9.17, 15) is 9.00 Å². The van der Waals surface area contributed by atoms with E-state index in [1.807, 2.05) is 60.7 Å². The lowest BCUT2D eigenvalue weighted by Gasteiger charge is -2.20. The number of carbonyl (C=O) groups is 1. The van der Waals surface area contributed by atoms with Gasteiger partial charge in [0.1, 0.15) is 12.4 Å². The topological polar surface area (TPSA) is 75.6 Å². The van der Waals surface area contributed by atoms with Crippen molar-refractivity contribution in [1.29, 1.82) is 0 Å². The first-order valence-corrected chi connectivity index (χ1v) is 12.3. The summed E-state index contributed by atoms with van der Waals surface area (Å²) < 4.78 is 18.3. The molecule has 3 rings (SSSR count). The monoisotopic (exact) mass is 451 g/mol. The fraction of sp³-hybridized carbons (Fsp3) is 0.269. The number of benzene rings is 3. The van der Waals surface area contributed by atoms with Gasteiger partial charge in [0.2, 0.25) is 0 Å². The Morgan fingerprint density at radius 3 is 2.53 bits per heavy atom. The predicted molar refractivity (Wildman–Crippen MR) is 128 cm³/mol. The number of carbonyl (C=O) groups excluding carboxylic acids is 1. The minimum atomic E-state index is -1.09. The van der Waals surface area contributed by atoms with E-state index in [4.69, 9.17) is 9.84 Å². The predicted octanol–water partition coefficient (Wildman–Crippen LogP) is 4.34. The van der Waals surface area contributed by atoms with Crippen LogP contribution >= 0.6 is 0 Å². The quantitative estimate of drug-likeness (QED) is 0.481. The van der Waals surface area contributed by atoms with Crippen molar-refractivity contribution < 1.29 is 18.8 Å². The Morgan fingerprint density at radius 2 is 1.84 bits per heavy atom. The van der Waals surface area contributed by atoms with Gasteiger partial charge < -0.3 is 15.2 Å². The molecule has 1 unspecified atom stereocenters. The summed E-state index contributed by atoms with van der Waals surface area (Å²) in [5.74, 6) is 0.265. The van der Waals surface area contributed by atoms with Crippen molar-refractivity contribution in [3.8, 4) is 16.9 Å². The van der Waals surface area contributed by atoms with Gasteiger partial charge in [-0.25, -0.2) is 0 Å². The molecule has 0 aliphatic rings. The van der Waals surface area contributed by atoms with Crippen molar-refractivity contribution in [1.82, 2.24) is 5.32 Å². The standard InChI is InChI=1S/C26H29NO4S/c1-3-8-23-22(20-11-7-12-21(17-20)32(2)30)13-14-24(26(29)27-15-16-28)25(23)31-18-19-9-5-4-6-10-19/h4-7,9-14,17,28H,3,8,15-16,18H2,1-2H3,(H,27,29). The van der Waals surface area contributed by atoms with Gasteiger partial charge in [-0.15, -0.1) is 0 Å². The smallest absolute Gasteiger partial charge is 0.255 e. The molecule has 32 heavy (non-hydrogen) atoms. The van der Waals surface area contributed by atoms with Gasteiger partial charge in [-0.05, 0) is 41.3 Å². The number of hydrogen-bond donors (Lipinski definition) is 2. The van der Waals surface area contributed by atoms with Gasteiger partial charge >= 0.3 is 0 Å². The fourth-order valence-electron chi connectivity index (χ4n) is 3.58. The van der Waals surface area contributed by atoms with Crippen LogP contribution in [0.2, 0.25) is 0 Å². The van der Waals surface area contributed by atoms with Gasteiger partial charge in [-0.1, -0.05) is 61.9 Å². The molecule has 168 valence electrons. The van der Waals surface area contributed by atoms with E-state index in [0.29, 0.717) is 17.9 Å². The lowest BCUT2D eigenvalue weighted by Crippen LogP contribution is -2.27. The molecule has 0 saturated heterocycles. The maximum absolute atomic E-state index is 12.8. The third-order valence-corrected chi connectivity index (χ3v) is 6.02. The van der Waals surface area contributed by atoms with Crippen molar-refractivity contribution in [3.63, 3.8) is 0 Å². The molecule has 0 saturated carbocycles. The molecule has 3 aromatic carbocycles. The zero-order valence-corrected chi connectivity index (χ0v) is 19.3. The SMILES string of the molecule is CCCc1c(-c2cccc(S(C)=O)c2)ccc(C(=O)NCCO)c1OCc1ccccc1. The third kappa shape index (κ3) is 5.84. The molecule has 6 heteroatoms. The number of hydrogen-bond acceptors (Lipinski definition) is 4. The second-order valence-electron chi connectivity index (χ2n) is 7.45. The number of aliphatic hydroxyl groups excluding tert-OH is 1. The van der Waals surface area contributed by atoms with Crippen LogP contribution in [-0.4, -0.2) is 34.6 Å². The van der Waals surface area contributed by atoms with Crippen molar-refractivity contribution in [2.75, 3.05) is 19.4 Å². The molecule has 5 nitrogen and oxygen atoms in total. The van der Waals surface area contributed by atoms with Gasteiger partial charge in [-0.2, -0.15) is 0 Å². The Labute approximate surface area is 191 Å². The summed E-state index contributed by atoms with van der Waals surface area (Å²) in [7, 11) is -1.09. The van der Waals surface area contributed by atoms with Crippen LogP contribution < -0.4 is 10.1 Å². The molecular weight excluding hydrogens is 422 g/mol. The summed E-state index contributed by atoms with van der Waals surface area (Å²) in [4.78, 5) is 13.6. The third-order valence-electron chi connectivity index (χ3n) is 5.11. The summed E-state index contributed by atoms with van der Waals surface area (Å²) >= 11 is 0. The number of ether oxygens (including phenoxy) is 1. The molecular formula is C26H29NO4S. The number of rotatable bonds is 10. The van der Waals surface area contributed by atoms with Crippen molar-refractivity contribution in [3.05, 3.63) is 83.4 Å². The van der Waals surface area contributed by atoms with Crippen LogP contribution in [0.25, 0.3) is 11.1 Å². The zero-order valence-electron chi connectivity index (χ0n) is 18.5. The summed E-state index contributed by atoms with van der Waals surface area (Å²) in [5.41, 5.74) is 4.29. The first-order valence-electron chi connectivity index (χ1n) is 10.7. The second-order valence-corrected chi connectivity index (χ2v) is 8.83. The fourth-order valence-corrected chi connectivity index (χ4v) is 4.14. The highest BCUT2D eigenvalue weighted by Crippen LogP contribution is 2.36. The molecule has 1 amide bonds. The minimum Gasteiger partial charge on any atom is -0.488 e. The van der Waals surface area contributed by atoms with E-state index in [1.54, 1.807) is 12.3 Å². The summed E-state index contributed by atoms with van der Waals surface area (Å²) in [6.45, 7) is 2.46. The second kappa shape index (κ2) is 11.6. The average molecular weight is 452 g/mol. The van der Waals surface area contributed by atoms with Crippen LogP contribution in [0.3, 0.4) is 0 Å². The molecule has 3 aromatic rings. The van der Waals surface area contributed by atoms with Crippen LogP contribution in [0, 0.1) is 0 Å². The lowest BCUT2D eigenvalue weighted by atomic mass is 9.93. The lowest BCUT2D eigenvalue weighted by molar-refractivity contribution is 0.0940. The van der Waals surface area contributed by atoms with Crippen molar-refractivity contribution in [2.24, 2.45) is 0 Å². The van der Waals surface area contributed by atoms with E-state index < -0.39 is 10.8 Å². The maximum Gasteiger partial charge on any atom is 0.255 e. The Bertz CT molecular complexity index is 1080. The molecule has 1 atom stereocenters. The Morgan fingerprint density at radius 1 is 1.06 bits per heavy atom. The van der Waals surface area contributed by atoms with E-state index in [0.717, 1.165) is 40.0 Å². The highest BCUT2D eigenvalue weighted by atomic mass is 32.2. The summed E-state index contributed by atoms with van der Waals surface area (Å²) in [5, 5.41) is 11.8. The number of amides is 1. The Hall–Kier alpha value is -2.96. The van der Waals surface area contributed by atoms with Crippen LogP contribution in [0.5, 0.6) is 5.75 Å². The molecule has 0 aliphatic carbocycles. The Kier molecular flexibility index (Phi) is 8.59. The van der Waals surface area contributed by atoms with E-state index in [-0.39, 0.29) is 19.1 Å². The highest BCUT2D eigenvalue weighted by Gasteiger charge is 2.20. The molecule has 2 N–H and O–H groups in total. The minimum absolute atomic E-state index is 0.132. The van der Waals surface area contributed by atoms with E-state index >= 15 is 0 Å². The molecule has 0 bridgehead atoms. The largest absolute Gasteiger partial charge is 0.488 e. The molecule has 0 heterocycles. The maximum atomic E-state index is 12.8. The van der Waals surface area contributed by atoms with Gasteiger partial charge in [0.05, 0.1) is 12.2 Å². The van der Waals surface area contributed by atoms with Crippen molar-refractivity contribution >= 4 is 16.7 Å². The summed E-state index contributed by atoms with van der Waals surface area (Å²) in [6.07, 6.45) is 3.25. The molecule has 0 spiro atoms. The van der Waals surface area contributed by atoms with Gasteiger partial charge in [0.15, 0.2) is 0 Å². The average Bonchev–Trinajstić information content (AvgIpc) is 2.82. The van der Waals surface area contributed by atoms with Gasteiger partial charge in [-0.3, -0.25) is 9.00 Å². The molecule has 0 fully saturated rings. The van der Waals surface area contributed by atoms with Crippen LogP contribution in [0.4, 0.5) is 0 Å². The van der Waals surface area contributed by atoms with Gasteiger partial charge in [0.25, 0.3) is 5.91 Å². The molecule has 0 aromatic heterocycles. The first-order chi connectivity index (χ1) is 15.5. The molecule has 0 radical (unpaired) electrons. The zero-order chi connectivity index (χ0) is 22.9. The van der Waals surface area contributed by atoms with E-state index in [2.05, 4.69) is 12.2 Å². The normalized spacial score (nSPS) is 11.7. The van der Waals surface area contributed by atoms with Gasteiger partial charge in [0, 0.05) is 34.1 Å². The Balaban J connectivity index is 2.11. The summed E-state index contributed by atoms with van der Waals surface area (Å²) in [6, 6.07) is 21.2. The van der Waals surface area contributed by atoms with Crippen LogP contribution in [-0.2, 0) is 23.8 Å². The molecule has 0 aliphatic heterocycles. The van der Waals surface area contributed by atoms with Crippen LogP contribution in [0.1, 0.15) is 34.8 Å².